The minimum atomic E-state index is 0.522. The van der Waals surface area contributed by atoms with E-state index in [4.69, 9.17) is 8.83 Å². The molecule has 1 atom stereocenters. The van der Waals surface area contributed by atoms with Crippen LogP contribution in [0.4, 0.5) is 0 Å². The van der Waals surface area contributed by atoms with E-state index in [0.29, 0.717) is 5.92 Å². The molecule has 2 heteroatoms. The van der Waals surface area contributed by atoms with E-state index in [1.54, 1.807) is 0 Å². The molecule has 2 aromatic heterocycles. The Kier molecular flexibility index (Phi) is 2.16. The van der Waals surface area contributed by atoms with Crippen LogP contribution in [-0.2, 0) is 6.42 Å². The van der Waals surface area contributed by atoms with Crippen LogP contribution < -0.4 is 0 Å². The van der Waals surface area contributed by atoms with Gasteiger partial charge in [-0.3, -0.25) is 0 Å². The van der Waals surface area contributed by atoms with Crippen LogP contribution in [0.15, 0.2) is 39.2 Å². The first-order chi connectivity index (χ1) is 9.24. The number of rotatable bonds is 0. The quantitative estimate of drug-likeness (QED) is 0.559. The van der Waals surface area contributed by atoms with E-state index in [1.165, 1.54) is 16.5 Å². The Hall–Kier alpha value is -1.96. The van der Waals surface area contributed by atoms with E-state index < -0.39 is 0 Å². The molecule has 2 nitrogen and oxygen atoms in total. The molecular weight excluding hydrogens is 236 g/mol. The van der Waals surface area contributed by atoms with Gasteiger partial charge in [-0.1, -0.05) is 25.1 Å². The van der Waals surface area contributed by atoms with Gasteiger partial charge in [-0.05, 0) is 31.4 Å². The molecule has 96 valence electrons. The number of fused-ring (bicyclic) bond motifs is 5. The van der Waals surface area contributed by atoms with Crippen molar-refractivity contribution in [2.45, 2.75) is 32.6 Å². The average Bonchev–Trinajstić information content (AvgIpc) is 2.92. The van der Waals surface area contributed by atoms with Gasteiger partial charge in [0.1, 0.15) is 22.9 Å². The van der Waals surface area contributed by atoms with E-state index >= 15 is 0 Å². The van der Waals surface area contributed by atoms with E-state index in [9.17, 15) is 0 Å². The van der Waals surface area contributed by atoms with E-state index in [1.807, 2.05) is 19.1 Å². The Balaban J connectivity index is 2.11. The maximum absolute atomic E-state index is 6.02. The molecule has 0 spiro atoms. The molecule has 1 aromatic carbocycles. The summed E-state index contributed by atoms with van der Waals surface area (Å²) in [4.78, 5) is 0. The molecule has 0 unspecified atom stereocenters. The molecule has 1 aliphatic rings. The molecule has 1 aliphatic carbocycles. The van der Waals surface area contributed by atoms with Gasteiger partial charge in [0.2, 0.25) is 0 Å². The lowest BCUT2D eigenvalue weighted by Gasteiger charge is -2.05. The minimum absolute atomic E-state index is 0.522. The molecule has 0 bridgehead atoms. The van der Waals surface area contributed by atoms with Crippen LogP contribution in [0.2, 0.25) is 0 Å². The molecule has 0 fully saturated rings. The van der Waals surface area contributed by atoms with Crippen molar-refractivity contribution < 1.29 is 8.83 Å². The summed E-state index contributed by atoms with van der Waals surface area (Å²) in [5, 5.41) is 1.17. The highest BCUT2D eigenvalue weighted by Crippen LogP contribution is 2.44. The van der Waals surface area contributed by atoms with Crippen LogP contribution >= 0.6 is 0 Å². The van der Waals surface area contributed by atoms with E-state index in [2.05, 4.69) is 25.1 Å². The molecule has 0 radical (unpaired) electrons. The predicted octanol–water partition coefficient (Wildman–Crippen LogP) is 5.05. The highest BCUT2D eigenvalue weighted by Gasteiger charge is 2.27. The lowest BCUT2D eigenvalue weighted by Crippen LogP contribution is -1.91. The first kappa shape index (κ1) is 10.9. The molecule has 0 aliphatic heterocycles. The van der Waals surface area contributed by atoms with Crippen molar-refractivity contribution in [1.29, 1.82) is 0 Å². The first-order valence-corrected chi connectivity index (χ1v) is 6.85. The number of hydrogen-bond donors (Lipinski definition) is 0. The monoisotopic (exact) mass is 252 g/mol. The highest BCUT2D eigenvalue weighted by molar-refractivity contribution is 5.95. The fourth-order valence-corrected chi connectivity index (χ4v) is 3.12. The van der Waals surface area contributed by atoms with Crippen molar-refractivity contribution in [2.75, 3.05) is 0 Å². The third-order valence-electron chi connectivity index (χ3n) is 4.11. The molecule has 3 aromatic rings. The normalized spacial score (nSPS) is 18.1. The van der Waals surface area contributed by atoms with Gasteiger partial charge in [-0.2, -0.15) is 0 Å². The SMILES string of the molecule is Cc1cc2c(o1)-c1c(oc3ccccc13)CC[C@@H]2C. The topological polar surface area (TPSA) is 26.3 Å². The highest BCUT2D eigenvalue weighted by atomic mass is 16.4. The summed E-state index contributed by atoms with van der Waals surface area (Å²) in [5.74, 6) is 3.59. The van der Waals surface area contributed by atoms with Crippen molar-refractivity contribution in [1.82, 2.24) is 0 Å². The van der Waals surface area contributed by atoms with Crippen LogP contribution in [0, 0.1) is 6.92 Å². The van der Waals surface area contributed by atoms with Crippen LogP contribution in [0.25, 0.3) is 22.3 Å². The summed E-state index contributed by atoms with van der Waals surface area (Å²) in [6, 6.07) is 10.4. The van der Waals surface area contributed by atoms with Gasteiger partial charge in [0.15, 0.2) is 0 Å². The number of furan rings is 2. The number of aryl methyl sites for hydroxylation is 2. The van der Waals surface area contributed by atoms with Gasteiger partial charge in [-0.25, -0.2) is 0 Å². The molecule has 2 heterocycles. The Morgan fingerprint density at radius 2 is 2.00 bits per heavy atom. The Morgan fingerprint density at radius 1 is 1.16 bits per heavy atom. The number of hydrogen-bond acceptors (Lipinski definition) is 2. The molecule has 4 rings (SSSR count). The molecule has 0 saturated carbocycles. The second-order valence-corrected chi connectivity index (χ2v) is 5.48. The van der Waals surface area contributed by atoms with Crippen molar-refractivity contribution in [3.63, 3.8) is 0 Å². The summed E-state index contributed by atoms with van der Waals surface area (Å²) in [6.07, 6.45) is 2.09. The zero-order chi connectivity index (χ0) is 13.0. The molecule has 0 amide bonds. The van der Waals surface area contributed by atoms with Gasteiger partial charge >= 0.3 is 0 Å². The summed E-state index contributed by atoms with van der Waals surface area (Å²) in [7, 11) is 0. The molecule has 0 N–H and O–H groups in total. The third kappa shape index (κ3) is 1.49. The summed E-state index contributed by atoms with van der Waals surface area (Å²) >= 11 is 0. The van der Waals surface area contributed by atoms with Crippen molar-refractivity contribution in [2.24, 2.45) is 0 Å². The molecule has 0 saturated heterocycles. The Bertz CT molecular complexity index is 761. The zero-order valence-corrected chi connectivity index (χ0v) is 11.2. The summed E-state index contributed by atoms with van der Waals surface area (Å²) in [5.41, 5.74) is 3.45. The van der Waals surface area contributed by atoms with Crippen molar-refractivity contribution >= 4 is 11.0 Å². The lowest BCUT2D eigenvalue weighted by atomic mass is 9.98. The maximum atomic E-state index is 6.02. The second kappa shape index (κ2) is 3.77. The molecule has 19 heavy (non-hydrogen) atoms. The smallest absolute Gasteiger partial charge is 0.141 e. The van der Waals surface area contributed by atoms with Crippen molar-refractivity contribution in [3.05, 3.63) is 47.4 Å². The fraction of sp³-hybridized carbons (Fsp3) is 0.294. The average molecular weight is 252 g/mol. The predicted molar refractivity (Wildman–Crippen MR) is 75.4 cm³/mol. The van der Waals surface area contributed by atoms with Crippen LogP contribution in [0.3, 0.4) is 0 Å². The van der Waals surface area contributed by atoms with Crippen molar-refractivity contribution in [3.8, 4) is 11.3 Å². The van der Waals surface area contributed by atoms with Gasteiger partial charge < -0.3 is 8.83 Å². The number of para-hydroxylation sites is 1. The maximum Gasteiger partial charge on any atom is 0.141 e. The zero-order valence-electron chi connectivity index (χ0n) is 11.2. The first-order valence-electron chi connectivity index (χ1n) is 6.85. The lowest BCUT2D eigenvalue weighted by molar-refractivity contribution is 0.526. The van der Waals surface area contributed by atoms with Gasteiger partial charge in [0.25, 0.3) is 0 Å². The van der Waals surface area contributed by atoms with Crippen LogP contribution in [-0.4, -0.2) is 0 Å². The van der Waals surface area contributed by atoms with Crippen LogP contribution in [0.1, 0.15) is 36.3 Å². The Labute approximate surface area is 112 Å². The van der Waals surface area contributed by atoms with Crippen LogP contribution in [0.5, 0.6) is 0 Å². The van der Waals surface area contributed by atoms with E-state index in [-0.39, 0.29) is 0 Å². The van der Waals surface area contributed by atoms with Gasteiger partial charge in [0.05, 0.1) is 5.56 Å². The standard InChI is InChI=1S/C17H16O2/c1-10-7-8-15-16(17-13(10)9-11(2)18-17)12-5-3-4-6-14(12)19-15/h3-6,9-10H,7-8H2,1-2H3/t10-/m0/s1. The second-order valence-electron chi connectivity index (χ2n) is 5.48. The summed E-state index contributed by atoms with van der Waals surface area (Å²) < 4.78 is 12.0. The Morgan fingerprint density at radius 3 is 2.89 bits per heavy atom. The fourth-order valence-electron chi connectivity index (χ4n) is 3.12. The van der Waals surface area contributed by atoms with Gasteiger partial charge in [0, 0.05) is 17.4 Å². The third-order valence-corrected chi connectivity index (χ3v) is 4.11. The van der Waals surface area contributed by atoms with E-state index in [0.717, 1.165) is 35.7 Å². The van der Waals surface area contributed by atoms with Gasteiger partial charge in [-0.15, -0.1) is 0 Å². The minimum Gasteiger partial charge on any atom is -0.461 e. The summed E-state index contributed by atoms with van der Waals surface area (Å²) in [6.45, 7) is 4.28. The largest absolute Gasteiger partial charge is 0.461 e. The molecular formula is C17H16O2. The number of benzene rings is 1.